The van der Waals surface area contributed by atoms with Crippen molar-refractivity contribution in [3.63, 3.8) is 0 Å². The number of aliphatic hydroxyl groups excluding tert-OH is 1. The van der Waals surface area contributed by atoms with Crippen LogP contribution in [0.3, 0.4) is 0 Å². The van der Waals surface area contributed by atoms with Crippen molar-refractivity contribution in [3.05, 3.63) is 35.9 Å². The van der Waals surface area contributed by atoms with E-state index in [1.165, 1.54) is 13.8 Å². The second-order valence-electron chi connectivity index (χ2n) is 23.2. The zero-order valence-electron chi connectivity index (χ0n) is 42.2. The predicted molar refractivity (Wildman–Crippen MR) is 256 cm³/mol. The molecule has 0 saturated carbocycles. The highest BCUT2D eigenvalue weighted by atomic mass is 28.4. The Hall–Kier alpha value is -1.29. The fraction of sp³-hybridized carbons (Fsp3) is 0.822. The van der Waals surface area contributed by atoms with Crippen molar-refractivity contribution in [2.75, 3.05) is 13.2 Å². The smallest absolute Gasteiger partial charge is 0.217 e. The molecule has 1 aromatic rings. The highest BCUT2D eigenvalue weighted by Crippen LogP contribution is 2.44. The van der Waals surface area contributed by atoms with Crippen molar-refractivity contribution in [3.8, 4) is 0 Å². The molecule has 3 rings (SSSR count). The number of ether oxygens (including phenoxy) is 3. The lowest BCUT2D eigenvalue weighted by molar-refractivity contribution is -0.126. The van der Waals surface area contributed by atoms with Crippen LogP contribution >= 0.6 is 0 Å². The maximum atomic E-state index is 12.2. The third kappa shape index (κ3) is 15.4. The van der Waals surface area contributed by atoms with Crippen molar-refractivity contribution in [2.45, 2.75) is 225 Å². The number of rotatable bonds is 15. The van der Waals surface area contributed by atoms with Gasteiger partial charge in [-0.2, -0.15) is 0 Å². The molecule has 2 saturated heterocycles. The van der Waals surface area contributed by atoms with E-state index in [9.17, 15) is 14.7 Å². The molecule has 2 amide bonds. The van der Waals surface area contributed by atoms with Crippen LogP contribution in [0.25, 0.3) is 0 Å². The molecule has 61 heavy (non-hydrogen) atoms. The molecule has 0 aliphatic carbocycles. The molecule has 2 heterocycles. The maximum Gasteiger partial charge on any atom is 0.217 e. The Labute approximate surface area is 375 Å². The molecule has 0 spiro atoms. The maximum absolute atomic E-state index is 12.2. The number of aliphatic hydroxyl groups is 1. The summed E-state index contributed by atoms with van der Waals surface area (Å²) in [5, 5.41) is 16.0. The van der Waals surface area contributed by atoms with Crippen LogP contribution in [0, 0.1) is 0 Å². The number of hydrogen-bond acceptors (Lipinski definition) is 10. The standard InChI is InChI=1S/C26H47NO5Si2.C19H41NO5Si2/c1-19(28)27-22-23(31-33(8,9)25(2,3)4)21(18-29-17-20-15-13-12-14-16-20)30-24(22)32-34(10,11)26(5,6)7;1-13(22)20-15-16(24-26(8,9)18(2,3)4)14(12-21)23-17(15)25-27(10,11)19(5,6)7/h12-16,21-24H,17-18H2,1-11H3,(H,27,28);14-17,21H,12H2,1-11H3,(H,20,22)/t21-,22?,23+,24+;14-,15?,16+,17+/m11/s1. The Morgan fingerprint density at radius 3 is 1.23 bits per heavy atom. The molecule has 2 aliphatic heterocycles. The van der Waals surface area contributed by atoms with Gasteiger partial charge in [0.05, 0.1) is 32.0 Å². The first-order chi connectivity index (χ1) is 27.4. The van der Waals surface area contributed by atoms with E-state index >= 15 is 0 Å². The first kappa shape index (κ1) is 55.8. The molecule has 1 aromatic carbocycles. The normalized spacial score (nSPS) is 25.8. The van der Waals surface area contributed by atoms with E-state index in [0.717, 1.165) is 5.56 Å². The molecular formula is C45H88N2O10Si4. The quantitative estimate of drug-likeness (QED) is 0.146. The Bertz CT molecular complexity index is 1550. The van der Waals surface area contributed by atoms with Crippen molar-refractivity contribution in [1.29, 1.82) is 0 Å². The highest BCUT2D eigenvalue weighted by Gasteiger charge is 2.55. The predicted octanol–water partition coefficient (Wildman–Crippen LogP) is 9.47. The van der Waals surface area contributed by atoms with Gasteiger partial charge in [0.1, 0.15) is 24.3 Å². The lowest BCUT2D eigenvalue weighted by atomic mass is 10.1. The van der Waals surface area contributed by atoms with Gasteiger partial charge in [-0.05, 0) is 78.1 Å². The van der Waals surface area contributed by atoms with Gasteiger partial charge in [-0.1, -0.05) is 113 Å². The molecule has 3 N–H and O–H groups in total. The van der Waals surface area contributed by atoms with Crippen LogP contribution in [-0.4, -0.2) is 112 Å². The van der Waals surface area contributed by atoms with E-state index in [1.807, 2.05) is 30.3 Å². The number of carbonyl (C=O) groups is 2. The highest BCUT2D eigenvalue weighted by molar-refractivity contribution is 6.75. The largest absolute Gasteiger partial charge is 0.409 e. The van der Waals surface area contributed by atoms with Crippen LogP contribution in [-0.2, 0) is 48.1 Å². The molecule has 12 nitrogen and oxygen atoms in total. The number of benzene rings is 1. The number of carbonyl (C=O) groups excluding carboxylic acids is 2. The summed E-state index contributed by atoms with van der Waals surface area (Å²) in [6.45, 7) is 47.4. The van der Waals surface area contributed by atoms with Gasteiger partial charge in [-0.15, -0.1) is 0 Å². The van der Waals surface area contributed by atoms with Crippen LogP contribution in [0.15, 0.2) is 30.3 Å². The molecule has 0 radical (unpaired) electrons. The van der Waals surface area contributed by atoms with Gasteiger partial charge in [-0.25, -0.2) is 0 Å². The Morgan fingerprint density at radius 2 is 0.902 bits per heavy atom. The van der Waals surface area contributed by atoms with Crippen LogP contribution < -0.4 is 10.6 Å². The van der Waals surface area contributed by atoms with Crippen molar-refractivity contribution >= 4 is 45.1 Å². The van der Waals surface area contributed by atoms with Gasteiger partial charge in [-0.3, -0.25) is 9.59 Å². The summed E-state index contributed by atoms with van der Waals surface area (Å²) in [7, 11) is -8.59. The fourth-order valence-corrected chi connectivity index (χ4v) is 10.8. The second kappa shape index (κ2) is 20.9. The minimum atomic E-state index is -2.16. The summed E-state index contributed by atoms with van der Waals surface area (Å²) >= 11 is 0. The van der Waals surface area contributed by atoms with E-state index < -0.39 is 70.1 Å². The SMILES string of the molecule is CC(=O)NC1[C@H](O[Si](C)(C)C(C)(C)C)O[C@H](CO)[C@@H]1O[Si](C)(C)C(C)(C)C.CC(=O)NC1[C@H](O[Si](C)(C)C(C)(C)C)O[C@H](COCc2ccccc2)[C@@H]1O[Si](C)(C)C(C)(C)C. The van der Waals surface area contributed by atoms with Crippen molar-refractivity contribution in [2.24, 2.45) is 0 Å². The Balaban J connectivity index is 0.000000432. The van der Waals surface area contributed by atoms with Gasteiger partial charge in [0.15, 0.2) is 45.8 Å². The molecule has 2 fully saturated rings. The summed E-state index contributed by atoms with van der Waals surface area (Å²) in [6, 6.07) is 9.25. The molecule has 0 aromatic heterocycles. The van der Waals surface area contributed by atoms with E-state index in [2.05, 4.69) is 146 Å². The van der Waals surface area contributed by atoms with Gasteiger partial charge < -0.3 is 47.7 Å². The Morgan fingerprint density at radius 1 is 0.574 bits per heavy atom. The molecule has 2 unspecified atom stereocenters. The summed E-state index contributed by atoms with van der Waals surface area (Å²) in [5.74, 6) is -0.276. The van der Waals surface area contributed by atoms with E-state index in [1.54, 1.807) is 0 Å². The van der Waals surface area contributed by atoms with Crippen LogP contribution in [0.4, 0.5) is 0 Å². The molecule has 0 bridgehead atoms. The lowest BCUT2D eigenvalue weighted by Gasteiger charge is -2.41. The third-order valence-corrected chi connectivity index (χ3v) is 31.7. The monoisotopic (exact) mass is 929 g/mol. The molecule has 16 heteroatoms. The van der Waals surface area contributed by atoms with E-state index in [-0.39, 0.29) is 50.8 Å². The minimum absolute atomic E-state index is 0.00419. The van der Waals surface area contributed by atoms with Crippen molar-refractivity contribution in [1.82, 2.24) is 10.6 Å². The van der Waals surface area contributed by atoms with Crippen molar-refractivity contribution < 1.29 is 46.6 Å². The average molecular weight is 930 g/mol. The zero-order chi connectivity index (χ0) is 47.4. The first-order valence-corrected chi connectivity index (χ1v) is 33.8. The number of amides is 2. The van der Waals surface area contributed by atoms with E-state index in [0.29, 0.717) is 13.2 Å². The minimum Gasteiger partial charge on any atom is -0.409 e. The summed E-state index contributed by atoms with van der Waals surface area (Å²) in [5.41, 5.74) is 1.11. The van der Waals surface area contributed by atoms with Crippen LogP contribution in [0.1, 0.15) is 102 Å². The summed E-state index contributed by atoms with van der Waals surface area (Å²) in [4.78, 5) is 24.1. The molecular weight excluding hydrogens is 841 g/mol. The van der Waals surface area contributed by atoms with Gasteiger partial charge in [0, 0.05) is 13.8 Å². The van der Waals surface area contributed by atoms with Crippen LogP contribution in [0.5, 0.6) is 0 Å². The average Bonchev–Trinajstić information content (AvgIpc) is 3.53. The van der Waals surface area contributed by atoms with Crippen LogP contribution in [0.2, 0.25) is 72.5 Å². The Kier molecular flexibility index (Phi) is 19.1. The lowest BCUT2D eigenvalue weighted by Crippen LogP contribution is -2.56. The van der Waals surface area contributed by atoms with E-state index in [4.69, 9.17) is 31.9 Å². The second-order valence-corrected chi connectivity index (χ2v) is 42.2. The topological polar surface area (TPSA) is 143 Å². The molecule has 8 atom stereocenters. The third-order valence-electron chi connectivity index (χ3n) is 13.9. The molecule has 354 valence electrons. The number of hydrogen-bond donors (Lipinski definition) is 3. The fourth-order valence-electron chi connectivity index (χ4n) is 5.83. The molecule has 2 aliphatic rings. The summed E-state index contributed by atoms with van der Waals surface area (Å²) in [6.07, 6.45) is -2.85. The van der Waals surface area contributed by atoms with Gasteiger partial charge in [0.2, 0.25) is 11.8 Å². The number of nitrogens with one attached hydrogen (secondary N) is 2. The zero-order valence-corrected chi connectivity index (χ0v) is 46.2. The summed E-state index contributed by atoms with van der Waals surface area (Å²) < 4.78 is 45.3. The first-order valence-electron chi connectivity index (χ1n) is 22.2. The van der Waals surface area contributed by atoms with Gasteiger partial charge in [0.25, 0.3) is 0 Å². The van der Waals surface area contributed by atoms with Gasteiger partial charge >= 0.3 is 0 Å².